The molecule has 0 spiro atoms. The summed E-state index contributed by atoms with van der Waals surface area (Å²) in [5, 5.41) is 14.5. The van der Waals surface area contributed by atoms with Crippen molar-refractivity contribution in [3.63, 3.8) is 0 Å². The molecule has 2 amide bonds. The maximum Gasteiger partial charge on any atom is 0.267 e. The lowest BCUT2D eigenvalue weighted by atomic mass is 10.2. The van der Waals surface area contributed by atoms with Gasteiger partial charge in [0.2, 0.25) is 5.91 Å². The van der Waals surface area contributed by atoms with Crippen molar-refractivity contribution in [3.05, 3.63) is 36.0 Å². The predicted octanol–water partition coefficient (Wildman–Crippen LogP) is 1.32. The molecule has 23 heavy (non-hydrogen) atoms. The van der Waals surface area contributed by atoms with Crippen molar-refractivity contribution in [1.29, 1.82) is 5.26 Å². The molecule has 120 valence electrons. The van der Waals surface area contributed by atoms with Crippen LogP contribution in [0, 0.1) is 11.3 Å². The SMILES string of the molecule is CC(=O)Nc1ccc(NC(=O)/C(C#N)=C\N2CCOCC2)cc1. The van der Waals surface area contributed by atoms with E-state index in [-0.39, 0.29) is 11.5 Å². The number of carbonyl (C=O) groups is 2. The number of nitriles is 1. The van der Waals surface area contributed by atoms with E-state index in [9.17, 15) is 9.59 Å². The Labute approximate surface area is 134 Å². The van der Waals surface area contributed by atoms with Crippen LogP contribution in [-0.2, 0) is 14.3 Å². The molecule has 0 atom stereocenters. The number of benzene rings is 1. The molecule has 7 heteroatoms. The van der Waals surface area contributed by atoms with Gasteiger partial charge in [-0.3, -0.25) is 9.59 Å². The fourth-order valence-corrected chi connectivity index (χ4v) is 2.07. The standard InChI is InChI=1S/C16H18N4O3/c1-12(21)18-14-2-4-15(5-3-14)19-16(22)13(10-17)11-20-6-8-23-9-7-20/h2-5,11H,6-9H2,1H3,(H,18,21)(H,19,22)/b13-11-. The Kier molecular flexibility index (Phi) is 5.72. The molecule has 0 aromatic heterocycles. The summed E-state index contributed by atoms with van der Waals surface area (Å²) >= 11 is 0. The normalized spacial score (nSPS) is 14.8. The lowest BCUT2D eigenvalue weighted by Crippen LogP contribution is -2.33. The van der Waals surface area contributed by atoms with E-state index in [1.54, 1.807) is 30.5 Å². The third kappa shape index (κ3) is 5.13. The van der Waals surface area contributed by atoms with Gasteiger partial charge in [0, 0.05) is 37.6 Å². The van der Waals surface area contributed by atoms with Gasteiger partial charge in [0.25, 0.3) is 5.91 Å². The molecular weight excluding hydrogens is 296 g/mol. The van der Waals surface area contributed by atoms with Gasteiger partial charge < -0.3 is 20.3 Å². The summed E-state index contributed by atoms with van der Waals surface area (Å²) < 4.78 is 5.23. The fourth-order valence-electron chi connectivity index (χ4n) is 2.07. The molecule has 1 aromatic carbocycles. The van der Waals surface area contributed by atoms with E-state index in [0.29, 0.717) is 37.7 Å². The van der Waals surface area contributed by atoms with Crippen LogP contribution in [0.4, 0.5) is 11.4 Å². The minimum absolute atomic E-state index is 0.0397. The van der Waals surface area contributed by atoms with Gasteiger partial charge in [-0.1, -0.05) is 0 Å². The van der Waals surface area contributed by atoms with Gasteiger partial charge in [-0.25, -0.2) is 0 Å². The molecule has 0 bridgehead atoms. The molecule has 0 unspecified atom stereocenters. The summed E-state index contributed by atoms with van der Waals surface area (Å²) in [6.45, 7) is 3.90. The molecule has 1 saturated heterocycles. The van der Waals surface area contributed by atoms with Crippen LogP contribution in [0.3, 0.4) is 0 Å². The van der Waals surface area contributed by atoms with E-state index in [4.69, 9.17) is 10.00 Å². The van der Waals surface area contributed by atoms with E-state index < -0.39 is 5.91 Å². The first-order valence-corrected chi connectivity index (χ1v) is 7.21. The fraction of sp³-hybridized carbons (Fsp3) is 0.312. The van der Waals surface area contributed by atoms with Crippen LogP contribution in [0.5, 0.6) is 0 Å². The Balaban J connectivity index is 2.00. The van der Waals surface area contributed by atoms with Crippen molar-refractivity contribution in [1.82, 2.24) is 4.90 Å². The van der Waals surface area contributed by atoms with Crippen LogP contribution in [0.1, 0.15) is 6.92 Å². The number of anilines is 2. The van der Waals surface area contributed by atoms with Crippen LogP contribution in [0.15, 0.2) is 36.0 Å². The van der Waals surface area contributed by atoms with E-state index >= 15 is 0 Å². The summed E-state index contributed by atoms with van der Waals surface area (Å²) in [7, 11) is 0. The number of ether oxygens (including phenoxy) is 1. The quantitative estimate of drug-likeness (QED) is 0.646. The molecule has 0 radical (unpaired) electrons. The Morgan fingerprint density at radius 3 is 2.26 bits per heavy atom. The van der Waals surface area contributed by atoms with Gasteiger partial charge in [-0.05, 0) is 24.3 Å². The first kappa shape index (κ1) is 16.5. The summed E-state index contributed by atoms with van der Waals surface area (Å²) in [5.74, 6) is -0.631. The number of nitrogens with one attached hydrogen (secondary N) is 2. The van der Waals surface area contributed by atoms with Crippen molar-refractivity contribution >= 4 is 23.2 Å². The van der Waals surface area contributed by atoms with Gasteiger partial charge in [-0.2, -0.15) is 5.26 Å². The third-order valence-electron chi connectivity index (χ3n) is 3.19. The van der Waals surface area contributed by atoms with Crippen LogP contribution in [-0.4, -0.2) is 43.0 Å². The molecule has 0 aliphatic carbocycles. The average Bonchev–Trinajstić information content (AvgIpc) is 2.55. The zero-order valence-corrected chi connectivity index (χ0v) is 12.8. The second kappa shape index (κ2) is 7.96. The largest absolute Gasteiger partial charge is 0.378 e. The van der Waals surface area contributed by atoms with E-state index in [0.717, 1.165) is 0 Å². The summed E-state index contributed by atoms with van der Waals surface area (Å²) in [5.41, 5.74) is 1.23. The van der Waals surface area contributed by atoms with Crippen molar-refractivity contribution in [2.45, 2.75) is 6.92 Å². The lowest BCUT2D eigenvalue weighted by molar-refractivity contribution is -0.114. The maximum absolute atomic E-state index is 12.2. The summed E-state index contributed by atoms with van der Waals surface area (Å²) in [6.07, 6.45) is 1.56. The number of hydrogen-bond donors (Lipinski definition) is 2. The number of nitrogens with zero attached hydrogens (tertiary/aromatic N) is 2. The molecular formula is C16H18N4O3. The molecule has 1 aliphatic heterocycles. The van der Waals surface area contributed by atoms with Gasteiger partial charge in [0.15, 0.2) is 0 Å². The van der Waals surface area contributed by atoms with E-state index in [1.807, 2.05) is 11.0 Å². The number of rotatable bonds is 4. The highest BCUT2D eigenvalue weighted by Crippen LogP contribution is 2.14. The second-order valence-electron chi connectivity index (χ2n) is 5.02. The minimum atomic E-state index is -0.466. The van der Waals surface area contributed by atoms with Gasteiger partial charge in [0.05, 0.1) is 13.2 Å². The molecule has 1 aromatic rings. The predicted molar refractivity (Wildman–Crippen MR) is 85.5 cm³/mol. The Hall–Kier alpha value is -2.85. The third-order valence-corrected chi connectivity index (χ3v) is 3.19. The summed E-state index contributed by atoms with van der Waals surface area (Å²) in [4.78, 5) is 25.0. The molecule has 0 saturated carbocycles. The number of amides is 2. The van der Waals surface area contributed by atoms with E-state index in [2.05, 4.69) is 10.6 Å². The highest BCUT2D eigenvalue weighted by Gasteiger charge is 2.13. The average molecular weight is 314 g/mol. The Morgan fingerprint density at radius 1 is 1.17 bits per heavy atom. The highest BCUT2D eigenvalue weighted by atomic mass is 16.5. The van der Waals surface area contributed by atoms with Gasteiger partial charge in [-0.15, -0.1) is 0 Å². The second-order valence-corrected chi connectivity index (χ2v) is 5.02. The van der Waals surface area contributed by atoms with Crippen molar-refractivity contribution in [2.75, 3.05) is 36.9 Å². The molecule has 2 rings (SSSR count). The van der Waals surface area contributed by atoms with Crippen molar-refractivity contribution < 1.29 is 14.3 Å². The molecule has 7 nitrogen and oxygen atoms in total. The molecule has 1 aliphatic rings. The minimum Gasteiger partial charge on any atom is -0.378 e. The smallest absolute Gasteiger partial charge is 0.267 e. The maximum atomic E-state index is 12.2. The van der Waals surface area contributed by atoms with Gasteiger partial charge >= 0.3 is 0 Å². The lowest BCUT2D eigenvalue weighted by Gasteiger charge is -2.25. The Morgan fingerprint density at radius 2 is 1.74 bits per heavy atom. The zero-order valence-electron chi connectivity index (χ0n) is 12.8. The topological polar surface area (TPSA) is 94.5 Å². The van der Waals surface area contributed by atoms with Crippen molar-refractivity contribution in [2.24, 2.45) is 0 Å². The first-order valence-electron chi connectivity index (χ1n) is 7.21. The number of carbonyl (C=O) groups excluding carboxylic acids is 2. The highest BCUT2D eigenvalue weighted by molar-refractivity contribution is 6.06. The Bertz CT molecular complexity index is 640. The molecule has 1 fully saturated rings. The summed E-state index contributed by atoms with van der Waals surface area (Å²) in [6, 6.07) is 8.59. The number of hydrogen-bond acceptors (Lipinski definition) is 5. The van der Waals surface area contributed by atoms with Gasteiger partial charge in [0.1, 0.15) is 11.6 Å². The van der Waals surface area contributed by atoms with Crippen molar-refractivity contribution in [3.8, 4) is 6.07 Å². The zero-order chi connectivity index (χ0) is 16.7. The van der Waals surface area contributed by atoms with E-state index in [1.165, 1.54) is 6.92 Å². The van der Waals surface area contributed by atoms with Crippen LogP contribution in [0.25, 0.3) is 0 Å². The monoisotopic (exact) mass is 314 g/mol. The first-order chi connectivity index (χ1) is 11.1. The number of morpholine rings is 1. The molecule has 1 heterocycles. The van der Waals surface area contributed by atoms with Crippen LogP contribution in [0.2, 0.25) is 0 Å². The van der Waals surface area contributed by atoms with Crippen LogP contribution >= 0.6 is 0 Å². The molecule has 2 N–H and O–H groups in total. The van der Waals surface area contributed by atoms with Crippen LogP contribution < -0.4 is 10.6 Å².